The van der Waals surface area contributed by atoms with Gasteiger partial charge in [-0.05, 0) is 36.5 Å². The first kappa shape index (κ1) is 17.9. The number of pyridine rings is 3. The second-order valence-corrected chi connectivity index (χ2v) is 7.10. The van der Waals surface area contributed by atoms with Crippen molar-refractivity contribution in [1.29, 1.82) is 0 Å². The molecule has 2 N–H and O–H groups in total. The molecule has 0 aliphatic carbocycles. The molecule has 0 atom stereocenters. The zero-order chi connectivity index (χ0) is 20.0. The number of rotatable bonds is 3. The molecule has 148 valence electrons. The first-order chi connectivity index (χ1) is 14.1. The second kappa shape index (κ2) is 7.00. The average Bonchev–Trinajstić information content (AvgIpc) is 3.16. The van der Waals surface area contributed by atoms with Gasteiger partial charge in [-0.3, -0.25) is 4.98 Å². The Morgan fingerprint density at radius 2 is 1.93 bits per heavy atom. The van der Waals surface area contributed by atoms with E-state index in [4.69, 9.17) is 10.5 Å². The Balaban J connectivity index is 1.62. The van der Waals surface area contributed by atoms with Crippen LogP contribution in [0.15, 0.2) is 36.8 Å². The van der Waals surface area contributed by atoms with Gasteiger partial charge in [-0.1, -0.05) is 6.07 Å². The lowest BCUT2D eigenvalue weighted by Gasteiger charge is -2.22. The molecular formula is C20H18F2N6O. The summed E-state index contributed by atoms with van der Waals surface area (Å²) >= 11 is 0. The predicted octanol–water partition coefficient (Wildman–Crippen LogP) is 3.75. The minimum absolute atomic E-state index is 0.232. The molecule has 0 saturated carbocycles. The minimum Gasteiger partial charge on any atom is -0.384 e. The summed E-state index contributed by atoms with van der Waals surface area (Å²) in [6.07, 6.45) is 3.90. The van der Waals surface area contributed by atoms with E-state index in [0.29, 0.717) is 28.3 Å². The predicted molar refractivity (Wildman–Crippen MR) is 104 cm³/mol. The number of halogens is 2. The highest BCUT2D eigenvalue weighted by molar-refractivity contribution is 5.97. The van der Waals surface area contributed by atoms with Crippen molar-refractivity contribution >= 4 is 22.2 Å². The summed E-state index contributed by atoms with van der Waals surface area (Å²) in [5.74, 6) is 1.06. The van der Waals surface area contributed by atoms with Crippen molar-refractivity contribution in [2.45, 2.75) is 25.2 Å². The van der Waals surface area contributed by atoms with E-state index < -0.39 is 6.43 Å². The van der Waals surface area contributed by atoms with Crippen molar-refractivity contribution in [2.24, 2.45) is 0 Å². The lowest BCUT2D eigenvalue weighted by Crippen LogP contribution is -2.14. The fourth-order valence-corrected chi connectivity index (χ4v) is 3.81. The van der Waals surface area contributed by atoms with Crippen LogP contribution in [0.25, 0.3) is 27.8 Å². The molecule has 0 aromatic carbocycles. The summed E-state index contributed by atoms with van der Waals surface area (Å²) in [4.78, 5) is 12.4. The van der Waals surface area contributed by atoms with Gasteiger partial charge in [0, 0.05) is 48.1 Å². The molecular weight excluding hydrogens is 378 g/mol. The van der Waals surface area contributed by atoms with Crippen molar-refractivity contribution in [3.05, 3.63) is 48.0 Å². The van der Waals surface area contributed by atoms with Crippen LogP contribution in [0.3, 0.4) is 0 Å². The molecule has 1 fully saturated rings. The van der Waals surface area contributed by atoms with E-state index in [-0.39, 0.29) is 16.9 Å². The van der Waals surface area contributed by atoms with Crippen LogP contribution in [0.5, 0.6) is 0 Å². The number of aromatic nitrogens is 5. The number of nitrogens with zero attached hydrogens (tertiary/aromatic N) is 5. The highest BCUT2D eigenvalue weighted by Crippen LogP contribution is 2.33. The van der Waals surface area contributed by atoms with Crippen LogP contribution in [-0.4, -0.2) is 37.8 Å². The third-order valence-corrected chi connectivity index (χ3v) is 5.32. The fraction of sp³-hybridized carbons (Fsp3) is 0.300. The van der Waals surface area contributed by atoms with Crippen molar-refractivity contribution < 1.29 is 13.5 Å². The highest BCUT2D eigenvalue weighted by atomic mass is 19.3. The number of anilines is 1. The highest BCUT2D eigenvalue weighted by Gasteiger charge is 2.20. The molecule has 0 bridgehead atoms. The van der Waals surface area contributed by atoms with Gasteiger partial charge in [-0.2, -0.15) is 0 Å². The van der Waals surface area contributed by atoms with Crippen LogP contribution in [-0.2, 0) is 4.74 Å². The zero-order valence-corrected chi connectivity index (χ0v) is 15.4. The Kier molecular flexibility index (Phi) is 4.31. The largest absolute Gasteiger partial charge is 0.384 e. The number of ether oxygens (including phenoxy) is 1. The van der Waals surface area contributed by atoms with Crippen LogP contribution < -0.4 is 5.73 Å². The van der Waals surface area contributed by atoms with Gasteiger partial charge in [0.1, 0.15) is 11.5 Å². The Hall–Kier alpha value is -3.20. The maximum Gasteiger partial charge on any atom is 0.281 e. The van der Waals surface area contributed by atoms with Gasteiger partial charge in [0.05, 0.1) is 0 Å². The molecule has 1 aliphatic heterocycles. The van der Waals surface area contributed by atoms with Gasteiger partial charge in [-0.25, -0.2) is 23.3 Å². The van der Waals surface area contributed by atoms with Crippen LogP contribution >= 0.6 is 0 Å². The van der Waals surface area contributed by atoms with Gasteiger partial charge >= 0.3 is 0 Å². The SMILES string of the molecule is Nc1cc2c(-c3nc4ccc(C5CCOCC5)cn4n3)cnc(C(F)F)c2cn1. The molecule has 5 rings (SSSR count). The van der Waals surface area contributed by atoms with Crippen molar-refractivity contribution in [1.82, 2.24) is 24.6 Å². The van der Waals surface area contributed by atoms with Crippen LogP contribution in [0.4, 0.5) is 14.6 Å². The number of hydrogen-bond donors (Lipinski definition) is 1. The molecule has 1 aliphatic rings. The summed E-state index contributed by atoms with van der Waals surface area (Å²) in [5, 5.41) is 5.33. The van der Waals surface area contributed by atoms with Gasteiger partial charge in [0.25, 0.3) is 6.43 Å². The Morgan fingerprint density at radius 3 is 2.72 bits per heavy atom. The Morgan fingerprint density at radius 1 is 1.10 bits per heavy atom. The molecule has 5 heterocycles. The number of nitrogen functional groups attached to an aromatic ring is 1. The van der Waals surface area contributed by atoms with E-state index in [9.17, 15) is 8.78 Å². The second-order valence-electron chi connectivity index (χ2n) is 7.10. The molecule has 4 aromatic rings. The monoisotopic (exact) mass is 396 g/mol. The number of hydrogen-bond acceptors (Lipinski definition) is 6. The zero-order valence-electron chi connectivity index (χ0n) is 15.4. The molecule has 4 aromatic heterocycles. The fourth-order valence-electron chi connectivity index (χ4n) is 3.81. The van der Waals surface area contributed by atoms with E-state index in [1.165, 1.54) is 18.0 Å². The molecule has 0 spiro atoms. The molecule has 1 saturated heterocycles. The summed E-state index contributed by atoms with van der Waals surface area (Å²) in [6.45, 7) is 1.52. The van der Waals surface area contributed by atoms with Crippen LogP contribution in [0.1, 0.15) is 36.4 Å². The van der Waals surface area contributed by atoms with E-state index in [0.717, 1.165) is 26.1 Å². The standard InChI is InChI=1S/C20H18F2N6O/c21-19(22)18-14-8-24-16(23)7-13(14)15(9-25-18)20-26-17-2-1-12(10-28(17)27-20)11-3-5-29-6-4-11/h1-2,7-11,19H,3-6H2,(H2,23,24). The van der Waals surface area contributed by atoms with Gasteiger partial charge in [0.2, 0.25) is 0 Å². The maximum atomic E-state index is 13.4. The van der Waals surface area contributed by atoms with E-state index in [2.05, 4.69) is 26.1 Å². The van der Waals surface area contributed by atoms with E-state index >= 15 is 0 Å². The lowest BCUT2D eigenvalue weighted by molar-refractivity contribution is 0.0852. The molecule has 0 radical (unpaired) electrons. The summed E-state index contributed by atoms with van der Waals surface area (Å²) in [7, 11) is 0. The summed E-state index contributed by atoms with van der Waals surface area (Å²) in [6, 6.07) is 5.53. The molecule has 29 heavy (non-hydrogen) atoms. The molecule has 0 amide bonds. The number of fused-ring (bicyclic) bond motifs is 2. The smallest absolute Gasteiger partial charge is 0.281 e. The normalized spacial score (nSPS) is 15.6. The molecule has 7 nitrogen and oxygen atoms in total. The summed E-state index contributed by atoms with van der Waals surface area (Å²) < 4.78 is 33.9. The van der Waals surface area contributed by atoms with E-state index in [1.807, 2.05) is 12.3 Å². The summed E-state index contributed by atoms with van der Waals surface area (Å²) in [5.41, 5.74) is 7.86. The third-order valence-electron chi connectivity index (χ3n) is 5.32. The third kappa shape index (κ3) is 3.17. The molecule has 9 heteroatoms. The first-order valence-electron chi connectivity index (χ1n) is 9.37. The minimum atomic E-state index is -2.71. The number of nitrogens with two attached hydrogens (primary N) is 1. The van der Waals surface area contributed by atoms with E-state index in [1.54, 1.807) is 10.6 Å². The van der Waals surface area contributed by atoms with Crippen molar-refractivity contribution in [3.8, 4) is 11.4 Å². The van der Waals surface area contributed by atoms with Gasteiger partial charge in [-0.15, -0.1) is 5.10 Å². The van der Waals surface area contributed by atoms with Gasteiger partial charge in [0.15, 0.2) is 11.5 Å². The quantitative estimate of drug-likeness (QED) is 0.567. The van der Waals surface area contributed by atoms with Crippen molar-refractivity contribution in [2.75, 3.05) is 18.9 Å². The molecule has 0 unspecified atom stereocenters. The van der Waals surface area contributed by atoms with Crippen LogP contribution in [0, 0.1) is 0 Å². The Labute approximate surface area is 164 Å². The lowest BCUT2D eigenvalue weighted by atomic mass is 9.93. The maximum absolute atomic E-state index is 13.4. The number of alkyl halides is 2. The average molecular weight is 396 g/mol. The van der Waals surface area contributed by atoms with Gasteiger partial charge < -0.3 is 10.5 Å². The van der Waals surface area contributed by atoms with Crippen molar-refractivity contribution in [3.63, 3.8) is 0 Å². The van der Waals surface area contributed by atoms with Crippen LogP contribution in [0.2, 0.25) is 0 Å². The first-order valence-corrected chi connectivity index (χ1v) is 9.37. The topological polar surface area (TPSA) is 91.2 Å². The Bertz CT molecular complexity index is 1200.